The Morgan fingerprint density at radius 1 is 1.43 bits per heavy atom. The minimum atomic E-state index is -0.204. The van der Waals surface area contributed by atoms with Gasteiger partial charge in [-0.05, 0) is 29.5 Å². The summed E-state index contributed by atoms with van der Waals surface area (Å²) in [5.74, 6) is 4.77. The molecule has 0 spiro atoms. The molecular weight excluding hydrogens is 181 g/mol. The summed E-state index contributed by atoms with van der Waals surface area (Å²) in [6.45, 7) is 4.56. The number of benzene rings is 1. The summed E-state index contributed by atoms with van der Waals surface area (Å²) in [5.41, 5.74) is 0.858. The van der Waals surface area contributed by atoms with Crippen LogP contribution in [0.2, 0.25) is 0 Å². The molecule has 0 saturated carbocycles. The van der Waals surface area contributed by atoms with Crippen LogP contribution in [0.25, 0.3) is 0 Å². The average Bonchev–Trinajstić information content (AvgIpc) is 2.15. The molecule has 2 nitrogen and oxygen atoms in total. The number of rotatable bonds is 4. The summed E-state index contributed by atoms with van der Waals surface area (Å²) >= 11 is 0. The Hall–Kier alpha value is -0.930. The van der Waals surface area contributed by atoms with E-state index in [-0.39, 0.29) is 11.2 Å². The van der Waals surface area contributed by atoms with Crippen LogP contribution in [0, 0.1) is 5.82 Å². The zero-order valence-electron chi connectivity index (χ0n) is 8.59. The number of nitrogens with two attached hydrogens (primary N) is 1. The Balaban J connectivity index is 2.80. The van der Waals surface area contributed by atoms with Gasteiger partial charge in [0.2, 0.25) is 0 Å². The summed E-state index contributed by atoms with van der Waals surface area (Å²) in [6, 6.07) is 6.63. The fourth-order valence-electron chi connectivity index (χ4n) is 1.37. The molecule has 1 aromatic carbocycles. The molecule has 78 valence electrons. The second kappa shape index (κ2) is 4.53. The van der Waals surface area contributed by atoms with Crippen molar-refractivity contribution in [2.24, 2.45) is 5.90 Å². The van der Waals surface area contributed by atoms with E-state index in [9.17, 15) is 4.39 Å². The van der Waals surface area contributed by atoms with Gasteiger partial charge in [-0.3, -0.25) is 0 Å². The van der Waals surface area contributed by atoms with Gasteiger partial charge in [0.1, 0.15) is 5.82 Å². The molecule has 0 aliphatic rings. The molecule has 1 rings (SSSR count). The normalized spacial score (nSPS) is 11.7. The van der Waals surface area contributed by atoms with Crippen LogP contribution in [0.5, 0.6) is 0 Å². The maximum Gasteiger partial charge on any atom is 0.123 e. The standard InChI is InChI=1S/C11H16FNO/c1-11(2,6-7-14-13)9-4-3-5-10(12)8-9/h3-5,8H,6-7,13H2,1-2H3. The minimum absolute atomic E-state index is 0.110. The largest absolute Gasteiger partial charge is 0.305 e. The molecule has 0 aliphatic heterocycles. The third kappa shape index (κ3) is 2.79. The fraction of sp³-hybridized carbons (Fsp3) is 0.455. The van der Waals surface area contributed by atoms with Gasteiger partial charge in [-0.1, -0.05) is 26.0 Å². The van der Waals surface area contributed by atoms with Crippen molar-refractivity contribution in [2.45, 2.75) is 25.7 Å². The Labute approximate surface area is 83.8 Å². The Bertz CT molecular complexity index is 299. The van der Waals surface area contributed by atoms with Crippen LogP contribution in [-0.4, -0.2) is 6.61 Å². The van der Waals surface area contributed by atoms with E-state index in [1.54, 1.807) is 12.1 Å². The fourth-order valence-corrected chi connectivity index (χ4v) is 1.37. The molecule has 0 fully saturated rings. The molecule has 14 heavy (non-hydrogen) atoms. The first-order valence-electron chi connectivity index (χ1n) is 4.64. The lowest BCUT2D eigenvalue weighted by Gasteiger charge is -2.24. The molecular formula is C11H16FNO. The molecule has 0 atom stereocenters. The Morgan fingerprint density at radius 3 is 2.71 bits per heavy atom. The van der Waals surface area contributed by atoms with Crippen molar-refractivity contribution in [3.63, 3.8) is 0 Å². The second-order valence-electron chi connectivity index (χ2n) is 4.02. The van der Waals surface area contributed by atoms with Crippen LogP contribution in [0.4, 0.5) is 4.39 Å². The summed E-state index contributed by atoms with van der Waals surface area (Å²) < 4.78 is 13.0. The van der Waals surface area contributed by atoms with E-state index < -0.39 is 0 Å². The second-order valence-corrected chi connectivity index (χ2v) is 4.02. The number of hydrogen-bond acceptors (Lipinski definition) is 2. The predicted octanol–water partition coefficient (Wildman–Crippen LogP) is 2.38. The molecule has 1 aromatic rings. The number of hydrogen-bond donors (Lipinski definition) is 1. The van der Waals surface area contributed by atoms with Crippen molar-refractivity contribution < 1.29 is 9.23 Å². The van der Waals surface area contributed by atoms with Crippen molar-refractivity contribution in [3.05, 3.63) is 35.6 Å². The first-order chi connectivity index (χ1) is 6.56. The molecule has 0 radical (unpaired) electrons. The summed E-state index contributed by atoms with van der Waals surface area (Å²) in [6.07, 6.45) is 0.771. The zero-order valence-corrected chi connectivity index (χ0v) is 8.59. The highest BCUT2D eigenvalue weighted by Gasteiger charge is 2.20. The van der Waals surface area contributed by atoms with Crippen LogP contribution in [0.15, 0.2) is 24.3 Å². The predicted molar refractivity (Wildman–Crippen MR) is 54.2 cm³/mol. The summed E-state index contributed by atoms with van der Waals surface area (Å²) in [7, 11) is 0. The first-order valence-corrected chi connectivity index (χ1v) is 4.64. The van der Waals surface area contributed by atoms with Crippen molar-refractivity contribution >= 4 is 0 Å². The first kappa shape index (κ1) is 11.1. The van der Waals surface area contributed by atoms with Gasteiger partial charge in [0.05, 0.1) is 6.61 Å². The maximum atomic E-state index is 13.0. The zero-order chi connectivity index (χ0) is 10.6. The average molecular weight is 197 g/mol. The van der Waals surface area contributed by atoms with E-state index in [0.717, 1.165) is 12.0 Å². The monoisotopic (exact) mass is 197 g/mol. The van der Waals surface area contributed by atoms with E-state index >= 15 is 0 Å². The SMILES string of the molecule is CC(C)(CCON)c1cccc(F)c1. The molecule has 0 aliphatic carbocycles. The Morgan fingerprint density at radius 2 is 2.14 bits per heavy atom. The van der Waals surface area contributed by atoms with Crippen molar-refractivity contribution in [1.82, 2.24) is 0 Å². The third-order valence-electron chi connectivity index (χ3n) is 2.45. The van der Waals surface area contributed by atoms with E-state index in [2.05, 4.69) is 4.84 Å². The molecule has 2 N–H and O–H groups in total. The molecule has 0 amide bonds. The molecule has 0 aromatic heterocycles. The van der Waals surface area contributed by atoms with Gasteiger partial charge in [-0.2, -0.15) is 0 Å². The minimum Gasteiger partial charge on any atom is -0.305 e. The van der Waals surface area contributed by atoms with Crippen LogP contribution < -0.4 is 5.90 Å². The lowest BCUT2D eigenvalue weighted by atomic mass is 9.82. The van der Waals surface area contributed by atoms with E-state index in [0.29, 0.717) is 6.61 Å². The quantitative estimate of drug-likeness (QED) is 0.752. The smallest absolute Gasteiger partial charge is 0.123 e. The van der Waals surface area contributed by atoms with Gasteiger partial charge in [0.25, 0.3) is 0 Å². The molecule has 0 saturated heterocycles. The van der Waals surface area contributed by atoms with Gasteiger partial charge < -0.3 is 4.84 Å². The van der Waals surface area contributed by atoms with Gasteiger partial charge in [-0.15, -0.1) is 0 Å². The summed E-state index contributed by atoms with van der Waals surface area (Å²) in [5, 5.41) is 0. The van der Waals surface area contributed by atoms with Crippen LogP contribution in [0.3, 0.4) is 0 Å². The van der Waals surface area contributed by atoms with E-state index in [1.807, 2.05) is 19.9 Å². The highest BCUT2D eigenvalue weighted by molar-refractivity contribution is 5.24. The molecule has 0 unspecified atom stereocenters. The van der Waals surface area contributed by atoms with Gasteiger partial charge in [-0.25, -0.2) is 10.3 Å². The van der Waals surface area contributed by atoms with E-state index in [4.69, 9.17) is 5.90 Å². The van der Waals surface area contributed by atoms with Crippen LogP contribution in [-0.2, 0) is 10.3 Å². The summed E-state index contributed by atoms with van der Waals surface area (Å²) in [4.78, 5) is 4.54. The van der Waals surface area contributed by atoms with Crippen LogP contribution in [0.1, 0.15) is 25.8 Å². The lowest BCUT2D eigenvalue weighted by Crippen LogP contribution is -2.20. The highest BCUT2D eigenvalue weighted by atomic mass is 19.1. The van der Waals surface area contributed by atoms with Crippen molar-refractivity contribution in [3.8, 4) is 0 Å². The van der Waals surface area contributed by atoms with Crippen molar-refractivity contribution in [1.29, 1.82) is 0 Å². The van der Waals surface area contributed by atoms with Gasteiger partial charge >= 0.3 is 0 Å². The Kier molecular flexibility index (Phi) is 3.61. The molecule has 0 heterocycles. The third-order valence-corrected chi connectivity index (χ3v) is 2.45. The topological polar surface area (TPSA) is 35.2 Å². The highest BCUT2D eigenvalue weighted by Crippen LogP contribution is 2.27. The van der Waals surface area contributed by atoms with Crippen LogP contribution >= 0.6 is 0 Å². The molecule has 0 bridgehead atoms. The molecule has 3 heteroatoms. The van der Waals surface area contributed by atoms with Crippen molar-refractivity contribution in [2.75, 3.05) is 6.61 Å². The maximum absolute atomic E-state index is 13.0. The number of halogens is 1. The lowest BCUT2D eigenvalue weighted by molar-refractivity contribution is 0.121. The van der Waals surface area contributed by atoms with Gasteiger partial charge in [0.15, 0.2) is 0 Å². The van der Waals surface area contributed by atoms with Gasteiger partial charge in [0, 0.05) is 0 Å². The van der Waals surface area contributed by atoms with E-state index in [1.165, 1.54) is 6.07 Å².